The van der Waals surface area contributed by atoms with Gasteiger partial charge in [0.1, 0.15) is 0 Å². The second kappa shape index (κ2) is 6.55. The van der Waals surface area contributed by atoms with Crippen LogP contribution in [0.15, 0.2) is 24.3 Å². The van der Waals surface area contributed by atoms with E-state index < -0.39 is 0 Å². The number of halogens is 1. The van der Waals surface area contributed by atoms with E-state index in [1.54, 1.807) is 0 Å². The molecule has 1 aromatic carbocycles. The molecular formula is C15H23ClN2. The van der Waals surface area contributed by atoms with Crippen molar-refractivity contribution in [3.05, 3.63) is 34.9 Å². The third kappa shape index (κ3) is 3.25. The fourth-order valence-corrected chi connectivity index (χ4v) is 3.07. The van der Waals surface area contributed by atoms with Crippen LogP contribution in [0.1, 0.15) is 44.2 Å². The first-order valence-electron chi connectivity index (χ1n) is 6.96. The summed E-state index contributed by atoms with van der Waals surface area (Å²) in [5.74, 6) is 0.645. The van der Waals surface area contributed by atoms with Crippen molar-refractivity contribution in [2.24, 2.45) is 11.7 Å². The van der Waals surface area contributed by atoms with Gasteiger partial charge in [-0.2, -0.15) is 0 Å². The van der Waals surface area contributed by atoms with Gasteiger partial charge in [-0.15, -0.1) is 0 Å². The SMILES string of the molecule is CCC(NC1CCCC1CN)c1ccc(Cl)cc1. The Kier molecular flexibility index (Phi) is 5.04. The van der Waals surface area contributed by atoms with Crippen LogP contribution in [0.3, 0.4) is 0 Å². The molecule has 0 heterocycles. The Hall–Kier alpha value is -0.570. The molecule has 0 spiro atoms. The minimum Gasteiger partial charge on any atom is -0.330 e. The first kappa shape index (κ1) is 13.9. The topological polar surface area (TPSA) is 38.0 Å². The molecule has 1 aliphatic carbocycles. The van der Waals surface area contributed by atoms with E-state index in [4.69, 9.17) is 17.3 Å². The average Bonchev–Trinajstić information content (AvgIpc) is 2.84. The molecule has 0 saturated heterocycles. The molecule has 100 valence electrons. The lowest BCUT2D eigenvalue weighted by atomic mass is 9.99. The maximum Gasteiger partial charge on any atom is 0.0406 e. The molecule has 0 amide bonds. The number of nitrogens with two attached hydrogens (primary N) is 1. The lowest BCUT2D eigenvalue weighted by molar-refractivity contribution is 0.357. The van der Waals surface area contributed by atoms with Gasteiger partial charge >= 0.3 is 0 Å². The molecule has 1 aliphatic rings. The molecule has 0 aromatic heterocycles. The van der Waals surface area contributed by atoms with Crippen LogP contribution >= 0.6 is 11.6 Å². The van der Waals surface area contributed by atoms with Gasteiger partial charge in [0.25, 0.3) is 0 Å². The van der Waals surface area contributed by atoms with Gasteiger partial charge in [-0.3, -0.25) is 0 Å². The van der Waals surface area contributed by atoms with Gasteiger partial charge in [0.15, 0.2) is 0 Å². The van der Waals surface area contributed by atoms with Crippen molar-refractivity contribution < 1.29 is 0 Å². The van der Waals surface area contributed by atoms with Crippen LogP contribution in [-0.2, 0) is 0 Å². The van der Waals surface area contributed by atoms with Crippen molar-refractivity contribution in [1.82, 2.24) is 5.32 Å². The van der Waals surface area contributed by atoms with Crippen molar-refractivity contribution in [1.29, 1.82) is 0 Å². The molecule has 18 heavy (non-hydrogen) atoms. The second-order valence-corrected chi connectivity index (χ2v) is 5.65. The van der Waals surface area contributed by atoms with Crippen LogP contribution in [0.5, 0.6) is 0 Å². The lowest BCUT2D eigenvalue weighted by Crippen LogP contribution is -2.38. The van der Waals surface area contributed by atoms with Gasteiger partial charge < -0.3 is 11.1 Å². The zero-order valence-corrected chi connectivity index (χ0v) is 11.8. The van der Waals surface area contributed by atoms with Crippen molar-refractivity contribution >= 4 is 11.6 Å². The highest BCUT2D eigenvalue weighted by atomic mass is 35.5. The largest absolute Gasteiger partial charge is 0.330 e. The molecule has 2 nitrogen and oxygen atoms in total. The van der Waals surface area contributed by atoms with Crippen LogP contribution in [0, 0.1) is 5.92 Å². The molecule has 0 bridgehead atoms. The predicted molar refractivity (Wildman–Crippen MR) is 77.8 cm³/mol. The van der Waals surface area contributed by atoms with E-state index in [9.17, 15) is 0 Å². The summed E-state index contributed by atoms with van der Waals surface area (Å²) in [5.41, 5.74) is 7.17. The molecule has 1 fully saturated rings. The molecule has 0 aliphatic heterocycles. The summed E-state index contributed by atoms with van der Waals surface area (Å²) in [6.07, 6.45) is 4.92. The summed E-state index contributed by atoms with van der Waals surface area (Å²) >= 11 is 5.94. The zero-order chi connectivity index (χ0) is 13.0. The molecule has 3 N–H and O–H groups in total. The van der Waals surface area contributed by atoms with Gasteiger partial charge in [-0.1, -0.05) is 37.1 Å². The predicted octanol–water partition coefficient (Wildman–Crippen LogP) is 3.51. The van der Waals surface area contributed by atoms with Gasteiger partial charge in [-0.05, 0) is 49.4 Å². The monoisotopic (exact) mass is 266 g/mol. The van der Waals surface area contributed by atoms with Crippen LogP contribution < -0.4 is 11.1 Å². The maximum atomic E-state index is 5.94. The third-order valence-corrected chi connectivity index (χ3v) is 4.31. The molecule has 3 heteroatoms. The Morgan fingerprint density at radius 2 is 2.06 bits per heavy atom. The Morgan fingerprint density at radius 1 is 1.33 bits per heavy atom. The summed E-state index contributed by atoms with van der Waals surface area (Å²) in [6, 6.07) is 9.17. The fourth-order valence-electron chi connectivity index (χ4n) is 2.94. The van der Waals surface area contributed by atoms with E-state index in [1.807, 2.05) is 12.1 Å². The van der Waals surface area contributed by atoms with Crippen molar-refractivity contribution in [2.45, 2.75) is 44.7 Å². The lowest BCUT2D eigenvalue weighted by Gasteiger charge is -2.26. The molecule has 1 aromatic rings. The summed E-state index contributed by atoms with van der Waals surface area (Å²) in [5, 5.41) is 4.58. The van der Waals surface area contributed by atoms with Gasteiger partial charge in [0, 0.05) is 17.1 Å². The summed E-state index contributed by atoms with van der Waals surface area (Å²) < 4.78 is 0. The fraction of sp³-hybridized carbons (Fsp3) is 0.600. The second-order valence-electron chi connectivity index (χ2n) is 5.21. The highest BCUT2D eigenvalue weighted by molar-refractivity contribution is 6.30. The zero-order valence-electron chi connectivity index (χ0n) is 11.0. The third-order valence-electron chi connectivity index (χ3n) is 4.06. The Balaban J connectivity index is 2.02. The number of hydrogen-bond donors (Lipinski definition) is 2. The highest BCUT2D eigenvalue weighted by Crippen LogP contribution is 2.28. The van der Waals surface area contributed by atoms with Crippen molar-refractivity contribution in [3.63, 3.8) is 0 Å². The molecule has 3 atom stereocenters. The normalized spacial score (nSPS) is 25.3. The van der Waals surface area contributed by atoms with Crippen LogP contribution in [0.4, 0.5) is 0 Å². The Labute approximate surface area is 115 Å². The van der Waals surface area contributed by atoms with Gasteiger partial charge in [-0.25, -0.2) is 0 Å². The number of nitrogens with one attached hydrogen (secondary N) is 1. The van der Waals surface area contributed by atoms with E-state index in [-0.39, 0.29) is 0 Å². The first-order valence-corrected chi connectivity index (χ1v) is 7.34. The first-order chi connectivity index (χ1) is 8.74. The van der Waals surface area contributed by atoms with Crippen LogP contribution in [-0.4, -0.2) is 12.6 Å². The Bertz CT molecular complexity index is 363. The summed E-state index contributed by atoms with van der Waals surface area (Å²) in [4.78, 5) is 0. The van der Waals surface area contributed by atoms with Crippen molar-refractivity contribution in [3.8, 4) is 0 Å². The van der Waals surface area contributed by atoms with E-state index in [1.165, 1.54) is 24.8 Å². The number of benzene rings is 1. The molecule has 0 radical (unpaired) electrons. The quantitative estimate of drug-likeness (QED) is 0.856. The molecular weight excluding hydrogens is 244 g/mol. The van der Waals surface area contributed by atoms with Crippen LogP contribution in [0.25, 0.3) is 0 Å². The minimum atomic E-state index is 0.416. The van der Waals surface area contributed by atoms with E-state index in [2.05, 4.69) is 24.4 Å². The number of rotatable bonds is 5. The van der Waals surface area contributed by atoms with Gasteiger partial charge in [0.05, 0.1) is 0 Å². The standard InChI is InChI=1S/C15H23ClN2/c1-2-14(11-6-8-13(16)9-7-11)18-15-5-3-4-12(15)10-17/h6-9,12,14-15,18H,2-5,10,17H2,1H3. The summed E-state index contributed by atoms with van der Waals surface area (Å²) in [6.45, 7) is 3.02. The molecule has 3 unspecified atom stereocenters. The summed E-state index contributed by atoms with van der Waals surface area (Å²) in [7, 11) is 0. The Morgan fingerprint density at radius 3 is 2.67 bits per heavy atom. The maximum absolute atomic E-state index is 5.94. The van der Waals surface area contributed by atoms with E-state index in [0.29, 0.717) is 18.0 Å². The molecule has 2 rings (SSSR count). The smallest absolute Gasteiger partial charge is 0.0406 e. The molecule has 1 saturated carbocycles. The number of hydrogen-bond acceptors (Lipinski definition) is 2. The highest BCUT2D eigenvalue weighted by Gasteiger charge is 2.27. The average molecular weight is 267 g/mol. The van der Waals surface area contributed by atoms with Crippen molar-refractivity contribution in [2.75, 3.05) is 6.54 Å². The van der Waals surface area contributed by atoms with Gasteiger partial charge in [0.2, 0.25) is 0 Å². The van der Waals surface area contributed by atoms with E-state index >= 15 is 0 Å². The minimum absolute atomic E-state index is 0.416. The van der Waals surface area contributed by atoms with E-state index in [0.717, 1.165) is 18.0 Å². The van der Waals surface area contributed by atoms with Crippen LogP contribution in [0.2, 0.25) is 5.02 Å².